The van der Waals surface area contributed by atoms with E-state index < -0.39 is 17.9 Å². The quantitative estimate of drug-likeness (QED) is 0.410. The molecule has 8 heteroatoms. The van der Waals surface area contributed by atoms with E-state index in [4.69, 9.17) is 11.6 Å². The highest BCUT2D eigenvalue weighted by Gasteiger charge is 2.63. The Morgan fingerprint density at radius 1 is 1.21 bits per heavy atom. The highest BCUT2D eigenvalue weighted by Crippen LogP contribution is 2.50. The largest absolute Gasteiger partial charge is 0.339 e. The number of alkyl halides is 2. The smallest absolute Gasteiger partial charge is 0.274 e. The van der Waals surface area contributed by atoms with Crippen molar-refractivity contribution >= 4 is 23.9 Å². The van der Waals surface area contributed by atoms with Crippen LogP contribution in [0, 0.1) is 16.6 Å². The molecule has 3 aliphatic rings. The van der Waals surface area contributed by atoms with Gasteiger partial charge in [-0.2, -0.15) is 0 Å². The lowest BCUT2D eigenvalue weighted by atomic mass is 9.69. The van der Waals surface area contributed by atoms with Crippen LogP contribution in [-0.4, -0.2) is 54.2 Å². The van der Waals surface area contributed by atoms with E-state index in [0.717, 1.165) is 23.0 Å². The predicted molar refractivity (Wildman–Crippen MR) is 123 cm³/mol. The Hall–Kier alpha value is -2.02. The van der Waals surface area contributed by atoms with Crippen LogP contribution < -0.4 is 0 Å². The summed E-state index contributed by atoms with van der Waals surface area (Å²) in [5.41, 5.74) is 0.363. The Kier molecular flexibility index (Phi) is 7.52. The molecule has 0 N–H and O–H groups in total. The number of carbonyl (C=O) groups is 2. The molecule has 1 atom stereocenters. The van der Waals surface area contributed by atoms with Gasteiger partial charge in [-0.25, -0.2) is 13.2 Å². The van der Waals surface area contributed by atoms with Gasteiger partial charge in [0.15, 0.2) is 0 Å². The summed E-state index contributed by atoms with van der Waals surface area (Å²) in [4.78, 5) is 24.2. The second-order valence-corrected chi connectivity index (χ2v) is 10.7. The zero-order chi connectivity index (χ0) is 24.4. The summed E-state index contributed by atoms with van der Waals surface area (Å²) in [5.74, 6) is -2.99. The maximum absolute atomic E-state index is 13.9. The van der Waals surface area contributed by atoms with E-state index in [1.165, 1.54) is 36.3 Å². The number of likely N-dealkylation sites (tertiary alicyclic amines) is 2. The number of rotatable bonds is 3. The molecule has 33 heavy (non-hydrogen) atoms. The van der Waals surface area contributed by atoms with Crippen molar-refractivity contribution < 1.29 is 22.8 Å². The van der Waals surface area contributed by atoms with Crippen molar-refractivity contribution in [1.82, 2.24) is 9.80 Å². The minimum absolute atomic E-state index is 0.0531. The minimum atomic E-state index is -2.93. The first-order chi connectivity index (χ1) is 15.4. The number of benzene rings is 1. The summed E-state index contributed by atoms with van der Waals surface area (Å²) < 4.78 is 40.8. The van der Waals surface area contributed by atoms with Crippen molar-refractivity contribution in [2.45, 2.75) is 57.8 Å². The van der Waals surface area contributed by atoms with Crippen molar-refractivity contribution in [2.24, 2.45) is 10.8 Å². The second kappa shape index (κ2) is 9.69. The molecule has 0 radical (unpaired) electrons. The molecule has 1 spiro atoms. The fraction of sp³-hybridized carbons (Fsp3) is 0.600. The van der Waals surface area contributed by atoms with Crippen LogP contribution in [0.15, 0.2) is 30.9 Å². The van der Waals surface area contributed by atoms with Crippen LogP contribution in [-0.2, 0) is 9.59 Å². The molecule has 1 saturated carbocycles. The van der Waals surface area contributed by atoms with E-state index in [2.05, 4.69) is 20.4 Å². The molecule has 1 aromatic rings. The van der Waals surface area contributed by atoms with Crippen LogP contribution in [0.5, 0.6) is 0 Å². The summed E-state index contributed by atoms with van der Waals surface area (Å²) >= 11 is 6.12. The van der Waals surface area contributed by atoms with Gasteiger partial charge in [0, 0.05) is 24.7 Å². The highest BCUT2D eigenvalue weighted by atomic mass is 35.5. The average molecular weight is 485 g/mol. The van der Waals surface area contributed by atoms with Crippen molar-refractivity contribution in [2.75, 3.05) is 26.2 Å². The summed E-state index contributed by atoms with van der Waals surface area (Å²) in [6.07, 6.45) is 6.66. The van der Waals surface area contributed by atoms with Crippen LogP contribution in [0.1, 0.15) is 57.4 Å². The summed E-state index contributed by atoms with van der Waals surface area (Å²) in [6.45, 7) is 7.82. The summed E-state index contributed by atoms with van der Waals surface area (Å²) in [6, 6.07) is 4.80. The number of halogens is 4. The third-order valence-corrected chi connectivity index (χ3v) is 7.61. The van der Waals surface area contributed by atoms with E-state index in [1.807, 2.05) is 6.07 Å². The lowest BCUT2D eigenvalue weighted by Crippen LogP contribution is -2.70. The van der Waals surface area contributed by atoms with E-state index in [1.54, 1.807) is 0 Å². The molecular weight excluding hydrogens is 453 g/mol. The van der Waals surface area contributed by atoms with Crippen molar-refractivity contribution in [3.63, 3.8) is 0 Å². The molecule has 0 aromatic heterocycles. The first-order valence-electron chi connectivity index (χ1n) is 11.4. The van der Waals surface area contributed by atoms with Crippen LogP contribution in [0.2, 0.25) is 5.02 Å². The highest BCUT2D eigenvalue weighted by molar-refractivity contribution is 6.31. The van der Waals surface area contributed by atoms with Gasteiger partial charge >= 0.3 is 0 Å². The van der Waals surface area contributed by atoms with Gasteiger partial charge in [-0.1, -0.05) is 44.5 Å². The molecule has 2 heterocycles. The topological polar surface area (TPSA) is 40.6 Å². The fourth-order valence-corrected chi connectivity index (χ4v) is 5.61. The normalized spacial score (nSPS) is 24.8. The van der Waals surface area contributed by atoms with Crippen LogP contribution >= 0.6 is 11.6 Å². The molecule has 2 saturated heterocycles. The molecule has 1 unspecified atom stereocenters. The Morgan fingerprint density at radius 2 is 1.91 bits per heavy atom. The van der Waals surface area contributed by atoms with Gasteiger partial charge in [-0.15, -0.1) is 0 Å². The van der Waals surface area contributed by atoms with Crippen LogP contribution in [0.3, 0.4) is 0 Å². The van der Waals surface area contributed by atoms with Gasteiger partial charge < -0.3 is 9.80 Å². The lowest BCUT2D eigenvalue weighted by Gasteiger charge is -2.56. The Morgan fingerprint density at radius 3 is 2.45 bits per heavy atom. The minimum Gasteiger partial charge on any atom is -0.339 e. The molecule has 4 rings (SSSR count). The zero-order valence-electron chi connectivity index (χ0n) is 19.3. The van der Waals surface area contributed by atoms with Crippen molar-refractivity contribution in [1.29, 1.82) is 0 Å². The SMILES string of the molecule is C=CC(=O)N1CC2(CCN(C=O)CC2(F)F)C1.CC1(C)CCCC(c2ccc(F)cc2Cl)C1. The van der Waals surface area contributed by atoms with Gasteiger partial charge in [0.1, 0.15) is 5.82 Å². The van der Waals surface area contributed by atoms with E-state index >= 15 is 0 Å². The zero-order valence-corrected chi connectivity index (χ0v) is 20.0. The molecule has 1 aliphatic carbocycles. The Labute approximate surface area is 198 Å². The maximum atomic E-state index is 13.9. The summed E-state index contributed by atoms with van der Waals surface area (Å²) in [7, 11) is 0. The van der Waals surface area contributed by atoms with E-state index in [9.17, 15) is 22.8 Å². The van der Waals surface area contributed by atoms with E-state index in [-0.39, 0.29) is 31.2 Å². The molecule has 2 amide bonds. The number of carbonyl (C=O) groups excluding carboxylic acids is 2. The number of hydrogen-bond acceptors (Lipinski definition) is 2. The molecule has 1 aromatic carbocycles. The van der Waals surface area contributed by atoms with Gasteiger partial charge in [0.2, 0.25) is 12.3 Å². The lowest BCUT2D eigenvalue weighted by molar-refractivity contribution is -0.220. The fourth-order valence-electron chi connectivity index (χ4n) is 5.29. The number of hydrogen-bond donors (Lipinski definition) is 0. The first kappa shape index (κ1) is 25.6. The monoisotopic (exact) mass is 484 g/mol. The molecular formula is C25H32ClF3N2O2. The van der Waals surface area contributed by atoms with Gasteiger partial charge in [0.05, 0.1) is 12.0 Å². The van der Waals surface area contributed by atoms with Gasteiger partial charge in [0.25, 0.3) is 5.92 Å². The van der Waals surface area contributed by atoms with Crippen molar-refractivity contribution in [3.05, 3.63) is 47.3 Å². The Balaban J connectivity index is 0.000000186. The van der Waals surface area contributed by atoms with Crippen molar-refractivity contribution in [3.8, 4) is 0 Å². The average Bonchev–Trinajstić information content (AvgIpc) is 2.70. The summed E-state index contributed by atoms with van der Waals surface area (Å²) in [5, 5.41) is 0.586. The number of amides is 2. The maximum Gasteiger partial charge on any atom is 0.274 e. The number of piperidine rings is 1. The molecule has 182 valence electrons. The molecule has 4 nitrogen and oxygen atoms in total. The molecule has 0 bridgehead atoms. The third kappa shape index (κ3) is 5.56. The first-order valence-corrected chi connectivity index (χ1v) is 11.7. The second-order valence-electron chi connectivity index (χ2n) is 10.3. The van der Waals surface area contributed by atoms with Crippen LogP contribution in [0.25, 0.3) is 0 Å². The van der Waals surface area contributed by atoms with Crippen LogP contribution in [0.4, 0.5) is 13.2 Å². The third-order valence-electron chi connectivity index (χ3n) is 7.28. The molecule has 3 fully saturated rings. The predicted octanol–water partition coefficient (Wildman–Crippen LogP) is 5.66. The Bertz CT molecular complexity index is 900. The standard InChI is InChI=1S/C14H18ClF.C11H14F2N2O2/c1-14(2)7-3-4-10(9-14)12-6-5-11(16)8-13(12)15;1-2-9(17)15-5-10(6-15)3-4-14(8-16)7-11(10,12)13/h5-6,8,10H,3-4,7,9H2,1-2H3;2,8H,1,3-7H2. The van der Waals surface area contributed by atoms with Gasteiger partial charge in [-0.3, -0.25) is 9.59 Å². The van der Waals surface area contributed by atoms with E-state index in [0.29, 0.717) is 29.3 Å². The molecule has 2 aliphatic heterocycles. The van der Waals surface area contributed by atoms with Gasteiger partial charge in [-0.05, 0) is 60.8 Å². The number of nitrogens with zero attached hydrogens (tertiary/aromatic N) is 2.